The lowest BCUT2D eigenvalue weighted by Gasteiger charge is -2.12. The van der Waals surface area contributed by atoms with Crippen LogP contribution in [0.1, 0.15) is 20.8 Å². The molecule has 0 saturated carbocycles. The first-order valence-corrected chi connectivity index (χ1v) is 10.7. The van der Waals surface area contributed by atoms with Crippen molar-refractivity contribution in [1.82, 2.24) is 0 Å². The van der Waals surface area contributed by atoms with Crippen molar-refractivity contribution in [3.63, 3.8) is 0 Å². The van der Waals surface area contributed by atoms with Gasteiger partial charge in [0.2, 0.25) is 0 Å². The molecule has 8 nitrogen and oxygen atoms in total. The maximum absolute atomic E-state index is 11.5. The van der Waals surface area contributed by atoms with Crippen LogP contribution in [0.3, 0.4) is 0 Å². The van der Waals surface area contributed by atoms with Crippen LogP contribution < -0.4 is 0 Å². The van der Waals surface area contributed by atoms with E-state index >= 15 is 0 Å². The Balaban J connectivity index is -0.000000428. The van der Waals surface area contributed by atoms with E-state index in [0.717, 1.165) is 6.61 Å². The summed E-state index contributed by atoms with van der Waals surface area (Å²) < 4.78 is 91.5. The lowest BCUT2D eigenvalue weighted by molar-refractivity contribution is -0.180. The molecule has 1 fully saturated rings. The highest BCUT2D eigenvalue weighted by atomic mass is 35.5. The van der Waals surface area contributed by atoms with Gasteiger partial charge in [0.15, 0.2) is 5.78 Å². The smallest absolute Gasteiger partial charge is 0.397 e. The van der Waals surface area contributed by atoms with Crippen molar-refractivity contribution >= 4 is 17.4 Å². The molecule has 0 aromatic heterocycles. The molecule has 1 aliphatic rings. The van der Waals surface area contributed by atoms with Crippen LogP contribution in [-0.2, 0) is 28.5 Å². The number of halogens is 7. The number of carbonyl (C=O) groups excluding carboxylic acids is 1. The van der Waals surface area contributed by atoms with Crippen LogP contribution in [0.4, 0.5) is 26.3 Å². The van der Waals surface area contributed by atoms with Crippen LogP contribution in [0, 0.1) is 0 Å². The molecule has 0 amide bonds. The number of aliphatic hydroxyl groups excluding tert-OH is 2. The van der Waals surface area contributed by atoms with Gasteiger partial charge in [-0.2, -0.15) is 26.3 Å². The Labute approximate surface area is 200 Å². The Morgan fingerprint density at radius 2 is 1.35 bits per heavy atom. The highest BCUT2D eigenvalue weighted by molar-refractivity contribution is 6.18. The molecule has 208 valence electrons. The predicted octanol–water partition coefficient (Wildman–Crippen LogP) is 2.76. The number of Topliss-reactive ketones (excluding diaryl/α,β-unsaturated/α-hetero) is 1. The summed E-state index contributed by atoms with van der Waals surface area (Å²) in [4.78, 5) is 10.7. The Kier molecular flexibility index (Phi) is 26.7. The summed E-state index contributed by atoms with van der Waals surface area (Å²) in [6.45, 7) is 3.13. The molecule has 1 heterocycles. The van der Waals surface area contributed by atoms with Crippen molar-refractivity contribution in [3.05, 3.63) is 0 Å². The summed E-state index contributed by atoms with van der Waals surface area (Å²) in [6.07, 6.45) is -9.32. The lowest BCUT2D eigenvalue weighted by Crippen LogP contribution is -2.25. The molecular formula is C19H35ClF6O8. The monoisotopic (exact) mass is 540 g/mol. The van der Waals surface area contributed by atoms with E-state index in [1.165, 1.54) is 0 Å². The standard InChI is InChI=1S/C7H13F3O3.C7H11F3O3.C3H5ClO.C2H6O/c2*1-2-12-3-6(11)4-13-5-7(8,9)10;4-1-3-2-5-3;1-2-3/h6,11H,2-5H2,1H3;2-5H2,1H3;3H,1-2H2;3H,2H2,1H3. The Morgan fingerprint density at radius 3 is 1.71 bits per heavy atom. The summed E-state index contributed by atoms with van der Waals surface area (Å²) >= 11 is 5.27. The van der Waals surface area contributed by atoms with Gasteiger partial charge >= 0.3 is 12.4 Å². The van der Waals surface area contributed by atoms with Gasteiger partial charge in [-0.1, -0.05) is 0 Å². The topological polar surface area (TPSA) is 107 Å². The fourth-order valence-electron chi connectivity index (χ4n) is 1.31. The number of epoxide rings is 1. The number of carbonyl (C=O) groups is 1. The number of alkyl halides is 7. The molecule has 0 aromatic rings. The third-order valence-corrected chi connectivity index (χ3v) is 3.00. The minimum Gasteiger partial charge on any atom is -0.397 e. The van der Waals surface area contributed by atoms with Gasteiger partial charge in [0.05, 0.1) is 31.8 Å². The van der Waals surface area contributed by atoms with Gasteiger partial charge in [-0.05, 0) is 20.8 Å². The van der Waals surface area contributed by atoms with E-state index in [4.69, 9.17) is 31.3 Å². The van der Waals surface area contributed by atoms with Crippen molar-refractivity contribution in [2.75, 3.05) is 71.9 Å². The van der Waals surface area contributed by atoms with Crippen LogP contribution in [-0.4, -0.2) is 113 Å². The largest absolute Gasteiger partial charge is 0.411 e. The molecule has 2 unspecified atom stereocenters. The number of hydrogen-bond acceptors (Lipinski definition) is 8. The highest BCUT2D eigenvalue weighted by Gasteiger charge is 2.28. The second-order valence-electron chi connectivity index (χ2n) is 6.15. The predicted molar refractivity (Wildman–Crippen MR) is 111 cm³/mol. The zero-order valence-corrected chi connectivity index (χ0v) is 20.2. The molecule has 0 bridgehead atoms. The van der Waals surface area contributed by atoms with Crippen LogP contribution in [0.5, 0.6) is 0 Å². The summed E-state index contributed by atoms with van der Waals surface area (Å²) in [5, 5.41) is 16.5. The van der Waals surface area contributed by atoms with E-state index in [1.807, 2.05) is 0 Å². The van der Waals surface area contributed by atoms with Crippen molar-refractivity contribution in [2.24, 2.45) is 0 Å². The summed E-state index contributed by atoms with van der Waals surface area (Å²) in [6, 6.07) is 0. The summed E-state index contributed by atoms with van der Waals surface area (Å²) in [7, 11) is 0. The minimum atomic E-state index is -4.38. The summed E-state index contributed by atoms with van der Waals surface area (Å²) in [5.74, 6) is 0.172. The average Bonchev–Trinajstić information content (AvgIpc) is 3.55. The molecular weight excluding hydrogens is 506 g/mol. The molecule has 0 radical (unpaired) electrons. The first-order valence-electron chi connectivity index (χ1n) is 10.2. The molecule has 2 N–H and O–H groups in total. The van der Waals surface area contributed by atoms with Crippen molar-refractivity contribution in [2.45, 2.75) is 45.3 Å². The Morgan fingerprint density at radius 1 is 0.941 bits per heavy atom. The fourth-order valence-corrected chi connectivity index (χ4v) is 1.49. The number of hydrogen-bond donors (Lipinski definition) is 2. The second-order valence-corrected chi connectivity index (χ2v) is 6.46. The minimum absolute atomic E-state index is 0.00560. The number of aliphatic hydroxyl groups is 2. The third-order valence-electron chi connectivity index (χ3n) is 2.66. The van der Waals surface area contributed by atoms with E-state index in [2.05, 4.69) is 14.2 Å². The molecule has 1 rings (SSSR count). The molecule has 34 heavy (non-hydrogen) atoms. The summed E-state index contributed by atoms with van der Waals surface area (Å²) in [5.41, 5.74) is 0. The molecule has 0 spiro atoms. The Bertz CT molecular complexity index is 451. The van der Waals surface area contributed by atoms with E-state index in [9.17, 15) is 31.1 Å². The van der Waals surface area contributed by atoms with Crippen LogP contribution in [0.25, 0.3) is 0 Å². The first kappa shape index (κ1) is 37.8. The van der Waals surface area contributed by atoms with Crippen LogP contribution in [0.15, 0.2) is 0 Å². The maximum atomic E-state index is 11.5. The zero-order chi connectivity index (χ0) is 27.0. The number of rotatable bonds is 13. The second kappa shape index (κ2) is 24.0. The van der Waals surface area contributed by atoms with Gasteiger partial charge in [-0.25, -0.2) is 0 Å². The van der Waals surface area contributed by atoms with Crippen LogP contribution >= 0.6 is 11.6 Å². The van der Waals surface area contributed by atoms with E-state index in [-0.39, 0.29) is 26.4 Å². The van der Waals surface area contributed by atoms with Gasteiger partial charge < -0.3 is 33.9 Å². The van der Waals surface area contributed by atoms with Crippen LogP contribution in [0.2, 0.25) is 0 Å². The molecule has 0 aromatic carbocycles. The maximum Gasteiger partial charge on any atom is 0.411 e. The fraction of sp³-hybridized carbons (Fsp3) is 0.947. The van der Waals surface area contributed by atoms with Crippen molar-refractivity contribution in [1.29, 1.82) is 0 Å². The quantitative estimate of drug-likeness (QED) is 0.209. The molecule has 1 aliphatic heterocycles. The van der Waals surface area contributed by atoms with E-state index in [0.29, 0.717) is 25.2 Å². The van der Waals surface area contributed by atoms with Gasteiger partial charge in [0.1, 0.15) is 32.5 Å². The third kappa shape index (κ3) is 41.5. The van der Waals surface area contributed by atoms with Gasteiger partial charge in [0.25, 0.3) is 0 Å². The molecule has 0 aliphatic carbocycles. The molecule has 15 heteroatoms. The molecule has 2 atom stereocenters. The van der Waals surface area contributed by atoms with Crippen molar-refractivity contribution < 1.29 is 65.0 Å². The Hall–Kier alpha value is -0.740. The SMILES string of the molecule is CCO.CCOCC(=O)COCC(F)(F)F.CCOCC(O)COCC(F)(F)F.ClCC1CO1. The molecule has 1 saturated heterocycles. The average molecular weight is 541 g/mol. The van der Waals surface area contributed by atoms with Gasteiger partial charge in [0, 0.05) is 19.8 Å². The van der Waals surface area contributed by atoms with Crippen molar-refractivity contribution in [3.8, 4) is 0 Å². The number of ether oxygens (including phenoxy) is 5. The van der Waals surface area contributed by atoms with E-state index in [1.54, 1.807) is 20.8 Å². The normalized spacial score (nSPS) is 15.6. The number of ketones is 1. The lowest BCUT2D eigenvalue weighted by atomic mass is 10.4. The zero-order valence-electron chi connectivity index (χ0n) is 19.4. The van der Waals surface area contributed by atoms with Gasteiger partial charge in [-0.3, -0.25) is 4.79 Å². The first-order chi connectivity index (χ1) is 15.8. The van der Waals surface area contributed by atoms with Gasteiger partial charge in [-0.15, -0.1) is 11.6 Å². The van der Waals surface area contributed by atoms with E-state index < -0.39 is 44.1 Å². The highest BCUT2D eigenvalue weighted by Crippen LogP contribution is 2.15.